The number of pyridine rings is 1. The van der Waals surface area contributed by atoms with Gasteiger partial charge in [0.05, 0.1) is 10.0 Å². The van der Waals surface area contributed by atoms with Crippen LogP contribution in [-0.4, -0.2) is 65.9 Å². The highest BCUT2D eigenvalue weighted by Crippen LogP contribution is 2.30. The number of carbonyl (C=O) groups excluding carboxylic acids is 2. The van der Waals surface area contributed by atoms with E-state index in [1.54, 1.807) is 36.7 Å². The maximum Gasteiger partial charge on any atom is 0.253 e. The molecule has 2 fully saturated rings. The number of nitrogens with zero attached hydrogens (tertiary/aromatic N) is 4. The van der Waals surface area contributed by atoms with E-state index in [4.69, 9.17) is 23.2 Å². The number of hydrogen-bond acceptors (Lipinski definition) is 4. The van der Waals surface area contributed by atoms with Crippen molar-refractivity contribution >= 4 is 40.7 Å². The first-order valence-corrected chi connectivity index (χ1v) is 15.5. The van der Waals surface area contributed by atoms with Crippen molar-refractivity contribution in [1.82, 2.24) is 14.8 Å². The SMILES string of the molecule is O=C(c1ccncc1)N1CCC(C(=O)N(CCCN2CCC(Cc3ccccc3)CC2)c2ccc(Cl)c(Cl)c2)CC1. The van der Waals surface area contributed by atoms with Gasteiger partial charge >= 0.3 is 0 Å². The molecule has 3 aromatic rings. The molecule has 41 heavy (non-hydrogen) atoms. The number of hydrogen-bond donors (Lipinski definition) is 0. The highest BCUT2D eigenvalue weighted by atomic mass is 35.5. The van der Waals surface area contributed by atoms with Crippen LogP contribution in [0.3, 0.4) is 0 Å². The summed E-state index contributed by atoms with van der Waals surface area (Å²) in [5.74, 6) is 0.687. The molecule has 2 amide bonds. The number of aromatic nitrogens is 1. The van der Waals surface area contributed by atoms with Gasteiger partial charge < -0.3 is 14.7 Å². The number of likely N-dealkylation sites (tertiary alicyclic amines) is 2. The van der Waals surface area contributed by atoms with E-state index in [9.17, 15) is 9.59 Å². The molecule has 6 nitrogen and oxygen atoms in total. The third-order valence-electron chi connectivity index (χ3n) is 8.47. The minimum Gasteiger partial charge on any atom is -0.339 e. The zero-order valence-corrected chi connectivity index (χ0v) is 24.9. The Bertz CT molecular complexity index is 1290. The van der Waals surface area contributed by atoms with Crippen LogP contribution in [0, 0.1) is 11.8 Å². The number of halogens is 2. The van der Waals surface area contributed by atoms with E-state index < -0.39 is 0 Å². The molecule has 0 bridgehead atoms. The van der Waals surface area contributed by atoms with E-state index in [0.29, 0.717) is 48.1 Å². The van der Waals surface area contributed by atoms with Gasteiger partial charge in [-0.25, -0.2) is 0 Å². The summed E-state index contributed by atoms with van der Waals surface area (Å²) in [7, 11) is 0. The number of piperidine rings is 2. The molecule has 0 aliphatic carbocycles. The van der Waals surface area contributed by atoms with Crippen LogP contribution in [0.5, 0.6) is 0 Å². The molecule has 0 N–H and O–H groups in total. The average molecular weight is 594 g/mol. The van der Waals surface area contributed by atoms with Crippen molar-refractivity contribution in [2.45, 2.75) is 38.5 Å². The highest BCUT2D eigenvalue weighted by Gasteiger charge is 2.31. The monoisotopic (exact) mass is 592 g/mol. The predicted octanol–water partition coefficient (Wildman–Crippen LogP) is 6.62. The fourth-order valence-electron chi connectivity index (χ4n) is 6.06. The van der Waals surface area contributed by atoms with Crippen LogP contribution in [0.15, 0.2) is 73.1 Å². The van der Waals surface area contributed by atoms with Gasteiger partial charge in [-0.05, 0) is 100.0 Å². The van der Waals surface area contributed by atoms with Crippen LogP contribution in [0.2, 0.25) is 10.0 Å². The first-order valence-electron chi connectivity index (χ1n) is 14.7. The normalized spacial score (nSPS) is 17.0. The van der Waals surface area contributed by atoms with E-state index >= 15 is 0 Å². The van der Waals surface area contributed by atoms with Crippen LogP contribution in [-0.2, 0) is 11.2 Å². The fourth-order valence-corrected chi connectivity index (χ4v) is 6.35. The summed E-state index contributed by atoms with van der Waals surface area (Å²) in [6, 6.07) is 19.7. The van der Waals surface area contributed by atoms with Crippen molar-refractivity contribution in [2.75, 3.05) is 44.2 Å². The molecule has 0 saturated carbocycles. The second-order valence-corrected chi connectivity index (χ2v) is 12.0. The maximum atomic E-state index is 13.9. The van der Waals surface area contributed by atoms with Crippen LogP contribution >= 0.6 is 23.2 Å². The number of benzene rings is 2. The van der Waals surface area contributed by atoms with Gasteiger partial charge in [0.25, 0.3) is 5.91 Å². The smallest absolute Gasteiger partial charge is 0.253 e. The number of carbonyl (C=O) groups is 2. The van der Waals surface area contributed by atoms with Crippen molar-refractivity contribution < 1.29 is 9.59 Å². The second kappa shape index (κ2) is 14.3. The minimum absolute atomic E-state index is 0.00724. The molecule has 0 unspecified atom stereocenters. The van der Waals surface area contributed by atoms with Crippen molar-refractivity contribution in [2.24, 2.45) is 11.8 Å². The number of amides is 2. The third kappa shape index (κ3) is 7.88. The fraction of sp³-hybridized carbons (Fsp3) is 0.424. The van der Waals surface area contributed by atoms with E-state index in [-0.39, 0.29) is 17.7 Å². The molecule has 216 valence electrons. The van der Waals surface area contributed by atoms with Crippen LogP contribution in [0.4, 0.5) is 5.69 Å². The summed E-state index contributed by atoms with van der Waals surface area (Å²) in [6.45, 7) is 4.90. The van der Waals surface area contributed by atoms with Crippen LogP contribution in [0.1, 0.15) is 48.0 Å². The zero-order chi connectivity index (χ0) is 28.6. The number of anilines is 1. The molecule has 0 atom stereocenters. The molecule has 3 heterocycles. The Labute approximate surface area is 253 Å². The molecular weight excluding hydrogens is 555 g/mol. The Morgan fingerprint density at radius 1 is 0.854 bits per heavy atom. The summed E-state index contributed by atoms with van der Waals surface area (Å²) in [5, 5.41) is 0.921. The van der Waals surface area contributed by atoms with E-state index in [1.807, 2.05) is 15.9 Å². The lowest BCUT2D eigenvalue weighted by Crippen LogP contribution is -2.45. The first kappa shape index (κ1) is 29.6. The molecule has 8 heteroatoms. The topological polar surface area (TPSA) is 56.8 Å². The molecule has 5 rings (SSSR count). The summed E-state index contributed by atoms with van der Waals surface area (Å²) in [4.78, 5) is 37.0. The van der Waals surface area contributed by atoms with Gasteiger partial charge in [-0.3, -0.25) is 14.6 Å². The van der Waals surface area contributed by atoms with Crippen molar-refractivity contribution in [1.29, 1.82) is 0 Å². The molecular formula is C33H38Cl2N4O2. The standard InChI is InChI=1S/C33H38Cl2N4O2/c34-30-8-7-29(24-31(30)35)39(18-4-17-37-19-11-26(12-20-37)23-25-5-2-1-3-6-25)33(41)28-13-21-38(22-14-28)32(40)27-9-15-36-16-10-27/h1-3,5-10,15-16,24,26,28H,4,11-14,17-23H2. The minimum atomic E-state index is -0.139. The van der Waals surface area contributed by atoms with Gasteiger partial charge in [0, 0.05) is 49.2 Å². The van der Waals surface area contributed by atoms with Crippen molar-refractivity contribution in [3.8, 4) is 0 Å². The number of rotatable bonds is 9. The van der Waals surface area contributed by atoms with Gasteiger partial charge in [-0.2, -0.15) is 0 Å². The molecule has 2 saturated heterocycles. The largest absolute Gasteiger partial charge is 0.339 e. The van der Waals surface area contributed by atoms with Gasteiger partial charge in [0.2, 0.25) is 5.91 Å². The predicted molar refractivity (Wildman–Crippen MR) is 166 cm³/mol. The maximum absolute atomic E-state index is 13.9. The Kier molecular flexibility index (Phi) is 10.3. The Morgan fingerprint density at radius 2 is 1.56 bits per heavy atom. The van der Waals surface area contributed by atoms with Gasteiger partial charge in [0.1, 0.15) is 0 Å². The first-order chi connectivity index (χ1) is 20.0. The van der Waals surface area contributed by atoms with E-state index in [1.165, 1.54) is 18.4 Å². The van der Waals surface area contributed by atoms with Gasteiger partial charge in [-0.15, -0.1) is 0 Å². The molecule has 2 aromatic carbocycles. The lowest BCUT2D eigenvalue weighted by molar-refractivity contribution is -0.123. The molecule has 0 radical (unpaired) electrons. The molecule has 0 spiro atoms. The van der Waals surface area contributed by atoms with Crippen molar-refractivity contribution in [3.63, 3.8) is 0 Å². The highest BCUT2D eigenvalue weighted by molar-refractivity contribution is 6.42. The Morgan fingerprint density at radius 3 is 2.24 bits per heavy atom. The molecule has 2 aliphatic heterocycles. The van der Waals surface area contributed by atoms with Crippen LogP contribution < -0.4 is 4.90 Å². The second-order valence-electron chi connectivity index (χ2n) is 11.2. The summed E-state index contributed by atoms with van der Waals surface area (Å²) in [6.07, 6.45) is 9.00. The van der Waals surface area contributed by atoms with Crippen LogP contribution in [0.25, 0.3) is 0 Å². The molecule has 1 aromatic heterocycles. The quantitative estimate of drug-likeness (QED) is 0.280. The average Bonchev–Trinajstić information content (AvgIpc) is 3.02. The third-order valence-corrected chi connectivity index (χ3v) is 9.21. The van der Waals surface area contributed by atoms with E-state index in [0.717, 1.165) is 44.1 Å². The van der Waals surface area contributed by atoms with E-state index in [2.05, 4.69) is 40.2 Å². The summed E-state index contributed by atoms with van der Waals surface area (Å²) in [5.41, 5.74) is 2.84. The lowest BCUT2D eigenvalue weighted by Gasteiger charge is -2.35. The zero-order valence-electron chi connectivity index (χ0n) is 23.4. The summed E-state index contributed by atoms with van der Waals surface area (Å²) < 4.78 is 0. The van der Waals surface area contributed by atoms with Crippen molar-refractivity contribution in [3.05, 3.63) is 94.2 Å². The Hall–Kier alpha value is -2.93. The summed E-state index contributed by atoms with van der Waals surface area (Å²) >= 11 is 12.6. The van der Waals surface area contributed by atoms with Gasteiger partial charge in [0.15, 0.2) is 0 Å². The lowest BCUT2D eigenvalue weighted by atomic mass is 9.90. The van der Waals surface area contributed by atoms with Gasteiger partial charge in [-0.1, -0.05) is 53.5 Å². The Balaban J connectivity index is 1.15. The molecule has 2 aliphatic rings.